The average Bonchev–Trinajstić information content (AvgIpc) is 2.57. The molecule has 2 amide bonds. The first kappa shape index (κ1) is 18.5. The van der Waals surface area contributed by atoms with E-state index in [4.69, 9.17) is 12.2 Å². The summed E-state index contributed by atoms with van der Waals surface area (Å²) in [5.41, 5.74) is 0. The van der Waals surface area contributed by atoms with Gasteiger partial charge in [0.15, 0.2) is 0 Å². The Morgan fingerprint density at radius 2 is 2.19 bits per heavy atom. The zero-order valence-corrected chi connectivity index (χ0v) is 15.2. The van der Waals surface area contributed by atoms with Crippen LogP contribution in [0.5, 0.6) is 0 Å². The van der Waals surface area contributed by atoms with Crippen LogP contribution in [0.15, 0.2) is 0 Å². The summed E-state index contributed by atoms with van der Waals surface area (Å²) in [5, 5.41) is 13.9. The Hall–Kier alpha value is -0.530. The number of urea groups is 1. The largest absolute Gasteiger partial charge is 0.343 e. The monoisotopic (exact) mass is 333 g/mol. The number of carbonyl (C=O) groups is 1. The van der Waals surface area contributed by atoms with Crippen molar-refractivity contribution in [2.24, 2.45) is 5.92 Å². The van der Waals surface area contributed by atoms with Gasteiger partial charge in [-0.1, -0.05) is 51.2 Å². The van der Waals surface area contributed by atoms with Crippen LogP contribution in [0.3, 0.4) is 0 Å². The van der Waals surface area contributed by atoms with Gasteiger partial charge < -0.3 is 10.2 Å². The zero-order chi connectivity index (χ0) is 16.2. The molecule has 0 aliphatic carbocycles. The molecule has 7 heteroatoms. The Balaban J connectivity index is 2.83. The van der Waals surface area contributed by atoms with Crippen molar-refractivity contribution in [3.63, 3.8) is 0 Å². The summed E-state index contributed by atoms with van der Waals surface area (Å²) in [4.78, 5) is 14.1. The molecule has 1 rings (SSSR count). The van der Waals surface area contributed by atoms with E-state index >= 15 is 0 Å². The molecule has 1 aliphatic heterocycles. The lowest BCUT2D eigenvalue weighted by Crippen LogP contribution is -2.57. The van der Waals surface area contributed by atoms with E-state index in [1.54, 1.807) is 0 Å². The molecule has 0 spiro atoms. The van der Waals surface area contributed by atoms with Gasteiger partial charge in [-0.15, -0.1) is 0 Å². The maximum absolute atomic E-state index is 12.1. The van der Waals surface area contributed by atoms with Crippen molar-refractivity contribution in [3.8, 4) is 0 Å². The number of thiocarbonyl (C=S) groups is 1. The number of hydrogen-bond acceptors (Lipinski definition) is 4. The SMILES string of the molecule is CCCCNC(=O)N(O)[C@@H]1N(CC(C)C)C(=S)SC1(C)C. The van der Waals surface area contributed by atoms with Crippen LogP contribution < -0.4 is 5.32 Å². The molecule has 5 nitrogen and oxygen atoms in total. The number of hydrogen-bond donors (Lipinski definition) is 2. The van der Waals surface area contributed by atoms with E-state index in [2.05, 4.69) is 26.1 Å². The lowest BCUT2D eigenvalue weighted by molar-refractivity contribution is -0.119. The normalized spacial score (nSPS) is 21.0. The van der Waals surface area contributed by atoms with E-state index in [0.29, 0.717) is 12.5 Å². The Bertz CT molecular complexity index is 388. The van der Waals surface area contributed by atoms with Gasteiger partial charge >= 0.3 is 6.03 Å². The number of unbranched alkanes of at least 4 members (excludes halogenated alkanes) is 1. The Morgan fingerprint density at radius 1 is 1.57 bits per heavy atom. The highest BCUT2D eigenvalue weighted by Crippen LogP contribution is 2.42. The predicted octanol–water partition coefficient (Wildman–Crippen LogP) is 3.28. The standard InChI is InChI=1S/C14H27N3O2S2/c1-6-7-8-15-12(18)17(19)11-14(4,5)21-13(20)16(11)9-10(2)3/h10-11,19H,6-9H2,1-5H3,(H,15,18)/t11-/m0/s1. The highest BCUT2D eigenvalue weighted by molar-refractivity contribution is 8.24. The average molecular weight is 334 g/mol. The molecule has 1 fully saturated rings. The third kappa shape index (κ3) is 4.72. The number of hydroxylamine groups is 2. The third-order valence-electron chi connectivity index (χ3n) is 3.31. The number of thioether (sulfide) groups is 1. The molecule has 1 atom stereocenters. The van der Waals surface area contributed by atoms with Gasteiger partial charge in [-0.2, -0.15) is 5.06 Å². The lowest BCUT2D eigenvalue weighted by Gasteiger charge is -2.37. The molecule has 122 valence electrons. The maximum Gasteiger partial charge on any atom is 0.343 e. The van der Waals surface area contributed by atoms with Crippen LogP contribution in [0.2, 0.25) is 0 Å². The molecule has 1 heterocycles. The summed E-state index contributed by atoms with van der Waals surface area (Å²) in [6.45, 7) is 11.5. The van der Waals surface area contributed by atoms with Gasteiger partial charge in [0.1, 0.15) is 10.5 Å². The van der Waals surface area contributed by atoms with E-state index < -0.39 is 12.2 Å². The fourth-order valence-corrected chi connectivity index (χ4v) is 4.26. The van der Waals surface area contributed by atoms with Crippen molar-refractivity contribution < 1.29 is 10.0 Å². The van der Waals surface area contributed by atoms with E-state index in [9.17, 15) is 10.0 Å². The van der Waals surface area contributed by atoms with Crippen LogP contribution in [-0.4, -0.2) is 49.5 Å². The summed E-state index contributed by atoms with van der Waals surface area (Å²) in [6.07, 6.45) is 1.45. The first-order valence-corrected chi connectivity index (χ1v) is 8.68. The minimum atomic E-state index is -0.458. The van der Waals surface area contributed by atoms with Crippen molar-refractivity contribution in [2.45, 2.75) is 58.4 Å². The Morgan fingerprint density at radius 3 is 2.71 bits per heavy atom. The van der Waals surface area contributed by atoms with E-state index in [-0.39, 0.29) is 4.75 Å². The molecule has 0 aromatic carbocycles. The second-order valence-corrected chi connectivity index (χ2v) is 8.61. The maximum atomic E-state index is 12.1. The second-order valence-electron chi connectivity index (χ2n) is 6.32. The van der Waals surface area contributed by atoms with Crippen molar-refractivity contribution in [2.75, 3.05) is 13.1 Å². The number of amides is 2. The molecular formula is C14H27N3O2S2. The topological polar surface area (TPSA) is 55.8 Å². The van der Waals surface area contributed by atoms with Gasteiger partial charge in [-0.05, 0) is 26.2 Å². The summed E-state index contributed by atoms with van der Waals surface area (Å²) in [7, 11) is 0. The number of carbonyl (C=O) groups excluding carboxylic acids is 1. The first-order valence-electron chi connectivity index (χ1n) is 7.46. The van der Waals surface area contributed by atoms with Crippen LogP contribution in [0.25, 0.3) is 0 Å². The fraction of sp³-hybridized carbons (Fsp3) is 0.857. The molecule has 0 radical (unpaired) electrons. The lowest BCUT2D eigenvalue weighted by atomic mass is 10.1. The molecule has 2 N–H and O–H groups in total. The molecule has 0 bridgehead atoms. The molecule has 1 saturated heterocycles. The zero-order valence-electron chi connectivity index (χ0n) is 13.5. The first-order chi connectivity index (χ1) is 9.70. The minimum absolute atomic E-state index is 0.344. The van der Waals surface area contributed by atoms with Gasteiger partial charge in [0.2, 0.25) is 0 Å². The van der Waals surface area contributed by atoms with Crippen LogP contribution in [-0.2, 0) is 0 Å². The summed E-state index contributed by atoms with van der Waals surface area (Å²) < 4.78 is 0.391. The molecular weight excluding hydrogens is 306 g/mol. The van der Waals surface area contributed by atoms with E-state index in [1.807, 2.05) is 18.7 Å². The highest BCUT2D eigenvalue weighted by atomic mass is 32.2. The molecule has 0 saturated carbocycles. The van der Waals surface area contributed by atoms with Gasteiger partial charge in [0.25, 0.3) is 0 Å². The molecule has 0 aromatic heterocycles. The van der Waals surface area contributed by atoms with Crippen molar-refractivity contribution in [1.82, 2.24) is 15.3 Å². The van der Waals surface area contributed by atoms with Gasteiger partial charge in [0.05, 0.1) is 4.75 Å². The molecule has 21 heavy (non-hydrogen) atoms. The Kier molecular flexibility index (Phi) is 6.74. The smallest absolute Gasteiger partial charge is 0.336 e. The second kappa shape index (κ2) is 7.65. The number of nitrogens with zero attached hydrogens (tertiary/aromatic N) is 2. The third-order valence-corrected chi connectivity index (χ3v) is 4.94. The Labute approximate surface area is 137 Å². The van der Waals surface area contributed by atoms with Crippen LogP contribution in [0, 0.1) is 5.92 Å². The van der Waals surface area contributed by atoms with Crippen molar-refractivity contribution in [1.29, 1.82) is 0 Å². The van der Waals surface area contributed by atoms with E-state index in [1.165, 1.54) is 11.8 Å². The fourth-order valence-electron chi connectivity index (χ4n) is 2.37. The summed E-state index contributed by atoms with van der Waals surface area (Å²) >= 11 is 6.95. The molecule has 1 aliphatic rings. The van der Waals surface area contributed by atoms with Gasteiger partial charge in [-0.25, -0.2) is 4.79 Å². The number of nitrogens with one attached hydrogen (secondary N) is 1. The summed E-state index contributed by atoms with van der Waals surface area (Å²) in [6, 6.07) is -0.458. The van der Waals surface area contributed by atoms with Crippen molar-refractivity contribution in [3.05, 3.63) is 0 Å². The van der Waals surface area contributed by atoms with Crippen molar-refractivity contribution >= 4 is 34.3 Å². The van der Waals surface area contributed by atoms with Gasteiger partial charge in [0, 0.05) is 13.1 Å². The quantitative estimate of drug-likeness (QED) is 0.338. The molecule has 0 unspecified atom stereocenters. The molecule has 0 aromatic rings. The van der Waals surface area contributed by atoms with Crippen LogP contribution in [0.1, 0.15) is 47.5 Å². The highest BCUT2D eigenvalue weighted by Gasteiger charge is 2.49. The summed E-state index contributed by atoms with van der Waals surface area (Å²) in [5.74, 6) is 0.400. The van der Waals surface area contributed by atoms with E-state index in [0.717, 1.165) is 28.8 Å². The van der Waals surface area contributed by atoms with Gasteiger partial charge in [-0.3, -0.25) is 5.21 Å². The number of rotatable bonds is 6. The minimum Gasteiger partial charge on any atom is -0.336 e. The predicted molar refractivity (Wildman–Crippen MR) is 91.5 cm³/mol. The van der Waals surface area contributed by atoms with Crippen LogP contribution in [0.4, 0.5) is 4.79 Å². The van der Waals surface area contributed by atoms with Crippen LogP contribution >= 0.6 is 24.0 Å².